The van der Waals surface area contributed by atoms with Gasteiger partial charge in [0.1, 0.15) is 11.1 Å². The monoisotopic (exact) mass is 805 g/mol. The van der Waals surface area contributed by atoms with Gasteiger partial charge in [-0.1, -0.05) is 76.9 Å². The first kappa shape index (κ1) is 38.1. The zero-order chi connectivity index (χ0) is 38.6. The van der Waals surface area contributed by atoms with Gasteiger partial charge in [-0.3, -0.25) is 14.9 Å². The van der Waals surface area contributed by atoms with Crippen LogP contribution in [0.1, 0.15) is 28.4 Å². The van der Waals surface area contributed by atoms with Gasteiger partial charge in [-0.2, -0.15) is 4.68 Å². The molecule has 54 heavy (non-hydrogen) atoms. The summed E-state index contributed by atoms with van der Waals surface area (Å²) in [4.78, 5) is 24.9. The van der Waals surface area contributed by atoms with E-state index in [1.165, 1.54) is 67.2 Å². The summed E-state index contributed by atoms with van der Waals surface area (Å²) in [6, 6.07) is 26.4. The summed E-state index contributed by atoms with van der Waals surface area (Å²) in [6.45, 7) is 3.23. The summed E-state index contributed by atoms with van der Waals surface area (Å²) < 4.78 is 34.7. The lowest BCUT2D eigenvalue weighted by Crippen LogP contribution is -2.26. The van der Waals surface area contributed by atoms with E-state index in [2.05, 4.69) is 26.2 Å². The maximum absolute atomic E-state index is 13.5. The van der Waals surface area contributed by atoms with Crippen molar-refractivity contribution in [1.82, 2.24) is 20.2 Å². The number of hydrogen-bond acceptors (Lipinski definition) is 12. The number of nitro groups is 1. The molecule has 1 unspecified atom stereocenters. The number of anilines is 2. The fourth-order valence-electron chi connectivity index (χ4n) is 5.07. The number of rotatable bonds is 13. The van der Waals surface area contributed by atoms with Crippen molar-refractivity contribution in [3.63, 3.8) is 0 Å². The summed E-state index contributed by atoms with van der Waals surface area (Å²) in [5.41, 5.74) is 1.69. The van der Waals surface area contributed by atoms with Crippen molar-refractivity contribution >= 4 is 67.8 Å². The van der Waals surface area contributed by atoms with Crippen LogP contribution in [0.2, 0.25) is 10.0 Å². The van der Waals surface area contributed by atoms with E-state index in [4.69, 9.17) is 27.9 Å². The molecule has 0 bridgehead atoms. The molecule has 0 fully saturated rings. The van der Waals surface area contributed by atoms with Gasteiger partial charge in [-0.25, -0.2) is 8.42 Å². The summed E-state index contributed by atoms with van der Waals surface area (Å²) in [7, 11) is -3.97. The molecule has 0 aliphatic carbocycles. The minimum absolute atomic E-state index is 0.0371. The number of phenols is 1. The second kappa shape index (κ2) is 16.1. The number of benzene rings is 5. The number of thioether (sulfide) groups is 1. The topological polar surface area (TPSA) is 191 Å². The maximum Gasteiger partial charge on any atom is 0.311 e. The molecule has 0 radical (unpaired) electrons. The number of carbonyl (C=O) groups is 1. The fourth-order valence-corrected chi connectivity index (χ4v) is 7.41. The number of aromatic nitrogens is 4. The lowest BCUT2D eigenvalue weighted by atomic mass is 10.2. The quantitative estimate of drug-likeness (QED) is 0.0437. The molecule has 1 atom stereocenters. The first-order valence-corrected chi connectivity index (χ1v) is 19.2. The van der Waals surface area contributed by atoms with Gasteiger partial charge in [0.15, 0.2) is 15.6 Å². The second-order valence-corrected chi connectivity index (χ2v) is 15.8. The summed E-state index contributed by atoms with van der Waals surface area (Å²) in [5.74, 6) is -1.21. The van der Waals surface area contributed by atoms with E-state index in [0.29, 0.717) is 10.7 Å². The molecule has 0 saturated carbocycles. The number of sulfone groups is 1. The van der Waals surface area contributed by atoms with Gasteiger partial charge >= 0.3 is 5.69 Å². The van der Waals surface area contributed by atoms with Gasteiger partial charge in [0.2, 0.25) is 10.9 Å². The fraction of sp³-hybridized carbons (Fsp3) is 0.111. The van der Waals surface area contributed by atoms with Crippen molar-refractivity contribution in [1.29, 1.82) is 0 Å². The molecule has 0 aliphatic rings. The van der Waals surface area contributed by atoms with E-state index < -0.39 is 37.5 Å². The number of halogens is 2. The average Bonchev–Trinajstić information content (AvgIpc) is 3.63. The molecule has 0 spiro atoms. The Labute approximate surface area is 323 Å². The van der Waals surface area contributed by atoms with Crippen molar-refractivity contribution in [2.45, 2.75) is 35.0 Å². The number of aryl methyl sites for hydroxylation is 1. The summed E-state index contributed by atoms with van der Waals surface area (Å²) in [6.07, 6.45) is 0. The predicted molar refractivity (Wildman–Crippen MR) is 206 cm³/mol. The molecule has 276 valence electrons. The lowest BCUT2D eigenvalue weighted by Gasteiger charge is -2.20. The third-order valence-electron chi connectivity index (χ3n) is 7.95. The molecule has 1 amide bonds. The number of amides is 1. The van der Waals surface area contributed by atoms with Gasteiger partial charge in [0.25, 0.3) is 5.91 Å². The number of aromatic hydroxyl groups is 1. The molecule has 6 aromatic rings. The highest BCUT2D eigenvalue weighted by atomic mass is 35.5. The van der Waals surface area contributed by atoms with E-state index in [-0.39, 0.29) is 49.1 Å². The number of tetrazole rings is 1. The van der Waals surface area contributed by atoms with E-state index in [1.807, 2.05) is 37.3 Å². The van der Waals surface area contributed by atoms with E-state index >= 15 is 0 Å². The van der Waals surface area contributed by atoms with Gasteiger partial charge in [0, 0.05) is 29.5 Å². The van der Waals surface area contributed by atoms with E-state index in [9.17, 15) is 28.4 Å². The van der Waals surface area contributed by atoms with Crippen LogP contribution in [0, 0.1) is 17.0 Å². The second-order valence-electron chi connectivity index (χ2n) is 11.8. The highest BCUT2D eigenvalue weighted by Gasteiger charge is 2.27. The van der Waals surface area contributed by atoms with Crippen molar-refractivity contribution in [2.75, 3.05) is 10.6 Å². The Balaban J connectivity index is 1.32. The van der Waals surface area contributed by atoms with Gasteiger partial charge in [-0.05, 0) is 78.4 Å². The third kappa shape index (κ3) is 8.58. The zero-order valence-corrected chi connectivity index (χ0v) is 31.4. The molecule has 0 aliphatic heterocycles. The van der Waals surface area contributed by atoms with Crippen LogP contribution < -0.4 is 15.4 Å². The van der Waals surface area contributed by atoms with Crippen LogP contribution in [0.4, 0.5) is 17.1 Å². The first-order valence-electron chi connectivity index (χ1n) is 15.9. The van der Waals surface area contributed by atoms with Crippen LogP contribution in [-0.2, 0) is 15.6 Å². The third-order valence-corrected chi connectivity index (χ3v) is 11.7. The molecule has 14 nitrogen and oxygen atoms in total. The van der Waals surface area contributed by atoms with E-state index in [0.717, 1.165) is 17.3 Å². The van der Waals surface area contributed by atoms with Crippen LogP contribution in [0.3, 0.4) is 0 Å². The van der Waals surface area contributed by atoms with Crippen molar-refractivity contribution in [3.8, 4) is 22.9 Å². The van der Waals surface area contributed by atoms with Gasteiger partial charge in [0.05, 0.1) is 36.9 Å². The predicted octanol–water partition coefficient (Wildman–Crippen LogP) is 8.46. The molecule has 0 saturated heterocycles. The summed E-state index contributed by atoms with van der Waals surface area (Å²) in [5, 5.41) is 40.2. The number of hydrogen-bond donors (Lipinski definition) is 3. The van der Waals surface area contributed by atoms with Gasteiger partial charge < -0.3 is 20.5 Å². The number of para-hydroxylation sites is 1. The lowest BCUT2D eigenvalue weighted by molar-refractivity contribution is -0.385. The Morgan fingerprint density at radius 2 is 1.70 bits per heavy atom. The Morgan fingerprint density at radius 3 is 2.41 bits per heavy atom. The van der Waals surface area contributed by atoms with Crippen LogP contribution in [0.5, 0.6) is 17.2 Å². The smallest absolute Gasteiger partial charge is 0.311 e. The van der Waals surface area contributed by atoms with Crippen LogP contribution in [0.15, 0.2) is 113 Å². The number of carbonyl (C=O) groups excluding carboxylic acids is 1. The van der Waals surface area contributed by atoms with Crippen LogP contribution in [0.25, 0.3) is 5.69 Å². The average molecular weight is 807 g/mol. The Morgan fingerprint density at radius 1 is 0.963 bits per heavy atom. The van der Waals surface area contributed by atoms with Crippen molar-refractivity contribution in [3.05, 3.63) is 140 Å². The van der Waals surface area contributed by atoms with Crippen LogP contribution >= 0.6 is 35.0 Å². The maximum atomic E-state index is 13.5. The van der Waals surface area contributed by atoms with E-state index in [1.54, 1.807) is 22.9 Å². The number of nitrogens with one attached hydrogen (secondary N) is 2. The van der Waals surface area contributed by atoms with Crippen molar-refractivity contribution in [2.24, 2.45) is 0 Å². The highest BCUT2D eigenvalue weighted by molar-refractivity contribution is 7.98. The first-order chi connectivity index (χ1) is 25.8. The molecule has 5 aromatic carbocycles. The normalized spacial score (nSPS) is 11.9. The molecule has 3 N–H and O–H groups in total. The summed E-state index contributed by atoms with van der Waals surface area (Å²) >= 11 is 13.3. The molecular weight excluding hydrogens is 777 g/mol. The van der Waals surface area contributed by atoms with Crippen molar-refractivity contribution < 1.29 is 28.0 Å². The standard InChI is InChI=1S/C36H29Cl2N7O7S2/c1-21-8-12-26(13-9-21)54(50,51)22(2)39-30-18-32(46)29(40-35(47)24-11-14-27(37)28(38)17-24)19-34(30)52-33-15-10-23(16-31(33)45(48)49)20-53-36-41-42-43-44(36)25-6-4-3-5-7-25/h3-19,22,39,46H,20H2,1-2H3,(H,40,47). The largest absolute Gasteiger partial charge is 0.506 e. The number of phenolic OH excluding ortho intramolecular Hbond substituents is 1. The number of nitro benzene ring substituents is 1. The van der Waals surface area contributed by atoms with Gasteiger partial charge in [-0.15, -0.1) is 5.10 Å². The Kier molecular flexibility index (Phi) is 11.4. The SMILES string of the molecule is Cc1ccc(S(=O)(=O)C(C)Nc2cc(O)c(NC(=O)c3ccc(Cl)c(Cl)c3)cc2Oc2ccc(CSc3nnnn3-c3ccccc3)cc2[N+](=O)[O-])cc1. The molecular formula is C36H29Cl2N7O7S2. The zero-order valence-electron chi connectivity index (χ0n) is 28.3. The molecule has 18 heteroatoms. The molecule has 1 aromatic heterocycles. The number of nitrogens with zero attached hydrogens (tertiary/aromatic N) is 5. The minimum atomic E-state index is -3.97. The highest BCUT2D eigenvalue weighted by Crippen LogP contribution is 2.42. The number of ether oxygens (including phenoxy) is 1. The minimum Gasteiger partial charge on any atom is -0.506 e. The molecule has 1 heterocycles. The Hall–Kier alpha value is -5.68. The van der Waals surface area contributed by atoms with Crippen LogP contribution in [-0.4, -0.2) is 49.9 Å². The molecule has 6 rings (SSSR count). The Bertz CT molecular complexity index is 2470.